The van der Waals surface area contributed by atoms with Crippen LogP contribution < -0.4 is 10.5 Å². The van der Waals surface area contributed by atoms with Gasteiger partial charge in [0, 0.05) is 25.4 Å². The van der Waals surface area contributed by atoms with E-state index in [-0.39, 0.29) is 36.0 Å². The largest absolute Gasteiger partial charge is 0.460 e. The molecule has 11 nitrogen and oxygen atoms in total. The molecule has 42 heavy (non-hydrogen) atoms. The number of thiazole rings is 1. The molecular formula is C29H38N4O7S2. The number of benzene rings is 1. The van der Waals surface area contributed by atoms with Gasteiger partial charge in [0.1, 0.15) is 18.0 Å². The van der Waals surface area contributed by atoms with Gasteiger partial charge >= 0.3 is 5.97 Å². The van der Waals surface area contributed by atoms with Gasteiger partial charge in [-0.05, 0) is 58.9 Å². The summed E-state index contributed by atoms with van der Waals surface area (Å²) in [5.74, 6) is -0.168. The Labute approximate surface area is 250 Å². The number of hydrogen-bond acceptors (Lipinski definition) is 11. The Morgan fingerprint density at radius 2 is 1.86 bits per heavy atom. The zero-order valence-corrected chi connectivity index (χ0v) is 26.3. The molecule has 1 aliphatic heterocycles. The van der Waals surface area contributed by atoms with Crippen molar-refractivity contribution >= 4 is 48.7 Å². The van der Waals surface area contributed by atoms with Crippen molar-refractivity contribution in [2.45, 2.75) is 90.5 Å². The lowest BCUT2D eigenvalue weighted by Crippen LogP contribution is -2.36. The van der Waals surface area contributed by atoms with Crippen LogP contribution in [-0.4, -0.2) is 59.1 Å². The molecule has 0 unspecified atom stereocenters. The van der Waals surface area contributed by atoms with Gasteiger partial charge in [-0.15, -0.1) is 0 Å². The fourth-order valence-corrected chi connectivity index (χ4v) is 6.36. The van der Waals surface area contributed by atoms with Crippen LogP contribution in [0.5, 0.6) is 0 Å². The first-order valence-electron chi connectivity index (χ1n) is 14.0. The molecule has 0 amide bonds. The predicted octanol–water partition coefficient (Wildman–Crippen LogP) is 4.18. The van der Waals surface area contributed by atoms with Gasteiger partial charge in [-0.1, -0.05) is 41.7 Å². The SMILES string of the molecule is C[C@H](CCC(=O)OC(C)(C)C)n1c(COS(C)(=O)=O)nc2sc(N3CCC[C@@H]3C(=O)CCc3ccccc3)nc2c1=O. The third-order valence-electron chi connectivity index (χ3n) is 6.93. The second kappa shape index (κ2) is 13.0. The molecule has 1 aliphatic rings. The van der Waals surface area contributed by atoms with Crippen molar-refractivity contribution in [2.75, 3.05) is 17.7 Å². The van der Waals surface area contributed by atoms with E-state index in [1.165, 1.54) is 15.9 Å². The molecular weight excluding hydrogens is 580 g/mol. The highest BCUT2D eigenvalue weighted by molar-refractivity contribution is 7.85. The third-order valence-corrected chi connectivity index (χ3v) is 8.46. The van der Waals surface area contributed by atoms with Gasteiger partial charge in [0.2, 0.25) is 0 Å². The summed E-state index contributed by atoms with van der Waals surface area (Å²) in [6.45, 7) is 7.26. The summed E-state index contributed by atoms with van der Waals surface area (Å²) in [5, 5.41) is 0.527. The number of ether oxygens (including phenoxy) is 1. The van der Waals surface area contributed by atoms with Crippen molar-refractivity contribution in [3.8, 4) is 0 Å². The molecule has 1 fully saturated rings. The van der Waals surface area contributed by atoms with Gasteiger partial charge in [0.15, 0.2) is 21.3 Å². The fraction of sp³-hybridized carbons (Fsp3) is 0.552. The van der Waals surface area contributed by atoms with Gasteiger partial charge in [-0.2, -0.15) is 8.42 Å². The molecule has 1 saturated heterocycles. The number of carbonyl (C=O) groups is 2. The summed E-state index contributed by atoms with van der Waals surface area (Å²) in [6.07, 6.45) is 3.82. The molecule has 3 heterocycles. The minimum Gasteiger partial charge on any atom is -0.460 e. The first-order chi connectivity index (χ1) is 19.7. The number of fused-ring (bicyclic) bond motifs is 1. The molecule has 3 aromatic rings. The van der Waals surface area contributed by atoms with Crippen LogP contribution in [0.2, 0.25) is 0 Å². The lowest BCUT2D eigenvalue weighted by Gasteiger charge is -2.22. The zero-order valence-electron chi connectivity index (χ0n) is 24.7. The second-order valence-corrected chi connectivity index (χ2v) is 14.2. The van der Waals surface area contributed by atoms with E-state index >= 15 is 0 Å². The van der Waals surface area contributed by atoms with Crippen LogP contribution in [0, 0.1) is 0 Å². The van der Waals surface area contributed by atoms with E-state index in [4.69, 9.17) is 8.92 Å². The fourth-order valence-electron chi connectivity index (χ4n) is 5.02. The maximum absolute atomic E-state index is 13.8. The van der Waals surface area contributed by atoms with Gasteiger partial charge < -0.3 is 9.64 Å². The molecule has 0 saturated carbocycles. The van der Waals surface area contributed by atoms with Crippen molar-refractivity contribution in [3.05, 3.63) is 52.1 Å². The number of ketones is 1. The Morgan fingerprint density at radius 1 is 1.14 bits per heavy atom. The third kappa shape index (κ3) is 8.23. The highest BCUT2D eigenvalue weighted by Crippen LogP contribution is 2.33. The van der Waals surface area contributed by atoms with E-state index in [1.54, 1.807) is 27.7 Å². The lowest BCUT2D eigenvalue weighted by molar-refractivity contribution is -0.155. The number of nitrogens with zero attached hydrogens (tertiary/aromatic N) is 4. The van der Waals surface area contributed by atoms with Crippen LogP contribution in [0.1, 0.15) is 77.2 Å². The number of anilines is 1. The number of aromatic nitrogens is 3. The number of esters is 1. The molecule has 1 aromatic carbocycles. The van der Waals surface area contributed by atoms with Crippen molar-refractivity contribution in [3.63, 3.8) is 0 Å². The molecule has 0 N–H and O–H groups in total. The summed E-state index contributed by atoms with van der Waals surface area (Å²) in [4.78, 5) is 50.8. The summed E-state index contributed by atoms with van der Waals surface area (Å²) in [7, 11) is -3.81. The molecule has 0 bridgehead atoms. The molecule has 13 heteroatoms. The molecule has 2 atom stereocenters. The van der Waals surface area contributed by atoms with Crippen molar-refractivity contribution in [1.29, 1.82) is 0 Å². The zero-order chi connectivity index (χ0) is 30.7. The Kier molecular flexibility index (Phi) is 9.84. The van der Waals surface area contributed by atoms with Crippen molar-refractivity contribution in [1.82, 2.24) is 14.5 Å². The smallest absolute Gasteiger partial charge is 0.306 e. The summed E-state index contributed by atoms with van der Waals surface area (Å²) in [6, 6.07) is 9.00. The molecule has 228 valence electrons. The molecule has 0 spiro atoms. The number of carbonyl (C=O) groups excluding carboxylic acids is 2. The second-order valence-electron chi connectivity index (χ2n) is 11.6. The average molecular weight is 619 g/mol. The highest BCUT2D eigenvalue weighted by atomic mass is 32.2. The van der Waals surface area contributed by atoms with E-state index in [0.717, 1.165) is 18.2 Å². The number of hydrogen-bond donors (Lipinski definition) is 0. The molecule has 0 aliphatic carbocycles. The summed E-state index contributed by atoms with van der Waals surface area (Å²) >= 11 is 1.20. The monoisotopic (exact) mass is 618 g/mol. The first kappa shape index (κ1) is 31.8. The maximum atomic E-state index is 13.8. The van der Waals surface area contributed by atoms with Crippen LogP contribution in [0.25, 0.3) is 10.3 Å². The number of rotatable bonds is 12. The van der Waals surface area contributed by atoms with E-state index < -0.39 is 39.9 Å². The number of Topliss-reactive ketones (excluding diaryl/α,β-unsaturated/α-hetero) is 1. The van der Waals surface area contributed by atoms with E-state index in [1.807, 2.05) is 35.2 Å². The van der Waals surface area contributed by atoms with E-state index in [2.05, 4.69) is 9.97 Å². The van der Waals surface area contributed by atoms with Crippen LogP contribution >= 0.6 is 11.3 Å². The molecule has 0 radical (unpaired) electrons. The highest BCUT2D eigenvalue weighted by Gasteiger charge is 2.33. The Hall–Kier alpha value is -3.16. The van der Waals surface area contributed by atoms with Crippen LogP contribution in [0.15, 0.2) is 35.1 Å². The summed E-state index contributed by atoms with van der Waals surface area (Å²) < 4.78 is 35.3. The van der Waals surface area contributed by atoms with E-state index in [9.17, 15) is 22.8 Å². The normalized spacial score (nSPS) is 16.6. The predicted molar refractivity (Wildman–Crippen MR) is 161 cm³/mol. The summed E-state index contributed by atoms with van der Waals surface area (Å²) in [5.41, 5.74) is 0.131. The Bertz CT molecular complexity index is 1590. The van der Waals surface area contributed by atoms with Gasteiger partial charge in [-0.3, -0.25) is 23.1 Å². The van der Waals surface area contributed by atoms with Gasteiger partial charge in [-0.25, -0.2) is 9.97 Å². The number of aryl methyl sites for hydroxylation is 1. The maximum Gasteiger partial charge on any atom is 0.306 e. The standard InChI is InChI=1S/C29H38N4O7S2/c1-19(13-16-24(35)40-29(2,3)4)33-23(18-39-42(5,37)38)30-26-25(27(33)36)31-28(41-26)32-17-9-12-21(32)22(34)15-14-20-10-7-6-8-11-20/h6-8,10-11,19,21H,9,12-18H2,1-5H3/t19-,21-/m1/s1. The van der Waals surface area contributed by atoms with Crippen LogP contribution in [-0.2, 0) is 41.7 Å². The van der Waals surface area contributed by atoms with Crippen molar-refractivity contribution in [2.24, 2.45) is 0 Å². The Morgan fingerprint density at radius 3 is 2.52 bits per heavy atom. The Balaban J connectivity index is 1.61. The van der Waals surface area contributed by atoms with Gasteiger partial charge in [0.25, 0.3) is 15.7 Å². The van der Waals surface area contributed by atoms with Crippen LogP contribution in [0.3, 0.4) is 0 Å². The quantitative estimate of drug-likeness (QED) is 0.215. The van der Waals surface area contributed by atoms with Crippen LogP contribution in [0.4, 0.5) is 5.13 Å². The minimum absolute atomic E-state index is 0.0537. The van der Waals surface area contributed by atoms with Crippen molar-refractivity contribution < 1.29 is 26.9 Å². The van der Waals surface area contributed by atoms with E-state index in [0.29, 0.717) is 35.8 Å². The average Bonchev–Trinajstić information content (AvgIpc) is 3.56. The lowest BCUT2D eigenvalue weighted by atomic mass is 10.0. The first-order valence-corrected chi connectivity index (χ1v) is 16.7. The topological polar surface area (TPSA) is 138 Å². The molecule has 4 rings (SSSR count). The molecule has 2 aromatic heterocycles. The minimum atomic E-state index is -3.81. The van der Waals surface area contributed by atoms with Gasteiger partial charge in [0.05, 0.1) is 12.3 Å².